The molecule has 0 radical (unpaired) electrons. The topological polar surface area (TPSA) is 44.4 Å². The molecule has 0 aromatic heterocycles. The van der Waals surface area contributed by atoms with Crippen LogP contribution in [0.15, 0.2) is 0 Å². The molecule has 2 aliphatic rings. The van der Waals surface area contributed by atoms with Crippen LogP contribution in [-0.4, -0.2) is 49.1 Å². The van der Waals surface area contributed by atoms with Crippen molar-refractivity contribution in [3.63, 3.8) is 0 Å². The number of amides is 1. The Kier molecular flexibility index (Phi) is 4.05. The normalized spacial score (nSPS) is 34.1. The van der Waals surface area contributed by atoms with Gasteiger partial charge in [-0.15, -0.1) is 0 Å². The van der Waals surface area contributed by atoms with Gasteiger partial charge in [0.05, 0.1) is 5.54 Å². The molecule has 2 aliphatic heterocycles. The van der Waals surface area contributed by atoms with Crippen LogP contribution in [-0.2, 0) is 4.79 Å². The summed E-state index contributed by atoms with van der Waals surface area (Å²) < 4.78 is 0. The molecule has 2 saturated heterocycles. The fourth-order valence-electron chi connectivity index (χ4n) is 3.08. The lowest BCUT2D eigenvalue weighted by atomic mass is 9.93. The van der Waals surface area contributed by atoms with Crippen molar-refractivity contribution >= 4 is 5.91 Å². The van der Waals surface area contributed by atoms with Gasteiger partial charge >= 0.3 is 0 Å². The van der Waals surface area contributed by atoms with Crippen LogP contribution in [0.25, 0.3) is 0 Å². The van der Waals surface area contributed by atoms with E-state index < -0.39 is 0 Å². The Morgan fingerprint density at radius 1 is 1.53 bits per heavy atom. The largest absolute Gasteiger partial charge is 0.353 e. The van der Waals surface area contributed by atoms with Gasteiger partial charge in [0.2, 0.25) is 5.91 Å². The maximum Gasteiger partial charge on any atom is 0.240 e. The van der Waals surface area contributed by atoms with Crippen molar-refractivity contribution in [3.05, 3.63) is 0 Å². The zero-order chi connectivity index (χ0) is 12.3. The van der Waals surface area contributed by atoms with Crippen LogP contribution >= 0.6 is 0 Å². The average Bonchev–Trinajstić information content (AvgIpc) is 2.95. The second-order valence-electron chi connectivity index (χ2n) is 5.45. The molecule has 2 unspecified atom stereocenters. The standard InChI is InChI=1S/C13H25N3O/c1-3-13(7-5-8-15-13)12(17)14-10-11-6-4-9-16(11)2/h11,15H,3-10H2,1-2H3,(H,14,17). The third-order valence-corrected chi connectivity index (χ3v) is 4.45. The highest BCUT2D eigenvalue weighted by Gasteiger charge is 2.39. The lowest BCUT2D eigenvalue weighted by molar-refractivity contribution is -0.127. The third kappa shape index (κ3) is 2.63. The van der Waals surface area contributed by atoms with Crippen molar-refractivity contribution in [2.24, 2.45) is 0 Å². The van der Waals surface area contributed by atoms with Gasteiger partial charge < -0.3 is 15.5 Å². The van der Waals surface area contributed by atoms with E-state index in [-0.39, 0.29) is 11.4 Å². The third-order valence-electron chi connectivity index (χ3n) is 4.45. The lowest BCUT2D eigenvalue weighted by Crippen LogP contribution is -2.54. The van der Waals surface area contributed by atoms with Gasteiger partial charge in [-0.1, -0.05) is 6.92 Å². The fourth-order valence-corrected chi connectivity index (χ4v) is 3.08. The molecule has 2 rings (SSSR count). The van der Waals surface area contributed by atoms with E-state index in [2.05, 4.69) is 29.5 Å². The number of hydrogen-bond donors (Lipinski definition) is 2. The summed E-state index contributed by atoms with van der Waals surface area (Å²) in [4.78, 5) is 14.6. The van der Waals surface area contributed by atoms with E-state index in [1.165, 1.54) is 12.8 Å². The number of carbonyl (C=O) groups excluding carboxylic acids is 1. The minimum absolute atomic E-state index is 0.206. The van der Waals surface area contributed by atoms with Crippen LogP contribution in [0.1, 0.15) is 39.0 Å². The molecule has 0 aliphatic carbocycles. The van der Waals surface area contributed by atoms with E-state index in [1.54, 1.807) is 0 Å². The first kappa shape index (κ1) is 12.8. The van der Waals surface area contributed by atoms with Crippen LogP contribution in [0.2, 0.25) is 0 Å². The van der Waals surface area contributed by atoms with Crippen LogP contribution in [0.4, 0.5) is 0 Å². The number of nitrogens with one attached hydrogen (secondary N) is 2. The molecular weight excluding hydrogens is 214 g/mol. The average molecular weight is 239 g/mol. The summed E-state index contributed by atoms with van der Waals surface area (Å²) in [6.45, 7) is 5.04. The smallest absolute Gasteiger partial charge is 0.240 e. The molecule has 2 heterocycles. The summed E-state index contributed by atoms with van der Waals surface area (Å²) >= 11 is 0. The van der Waals surface area contributed by atoms with Crippen molar-refractivity contribution in [1.29, 1.82) is 0 Å². The van der Waals surface area contributed by atoms with Crippen molar-refractivity contribution in [3.8, 4) is 0 Å². The van der Waals surface area contributed by atoms with Gasteiger partial charge in [-0.05, 0) is 52.2 Å². The number of likely N-dealkylation sites (N-methyl/N-ethyl adjacent to an activating group) is 1. The van der Waals surface area contributed by atoms with Gasteiger partial charge in [0.25, 0.3) is 0 Å². The molecule has 0 bridgehead atoms. The molecule has 1 amide bonds. The molecule has 2 atom stereocenters. The Morgan fingerprint density at radius 3 is 2.88 bits per heavy atom. The number of likely N-dealkylation sites (tertiary alicyclic amines) is 1. The number of rotatable bonds is 4. The van der Waals surface area contributed by atoms with Gasteiger partial charge in [-0.3, -0.25) is 4.79 Å². The Hall–Kier alpha value is -0.610. The van der Waals surface area contributed by atoms with Crippen molar-refractivity contribution in [1.82, 2.24) is 15.5 Å². The zero-order valence-corrected chi connectivity index (χ0v) is 11.1. The first-order valence-corrected chi connectivity index (χ1v) is 6.91. The summed E-state index contributed by atoms with van der Waals surface area (Å²) in [7, 11) is 2.15. The molecule has 0 aromatic rings. The zero-order valence-electron chi connectivity index (χ0n) is 11.1. The van der Waals surface area contributed by atoms with Crippen LogP contribution in [0.5, 0.6) is 0 Å². The summed E-state index contributed by atoms with van der Waals surface area (Å²) in [5.74, 6) is 0.206. The fraction of sp³-hybridized carbons (Fsp3) is 0.923. The predicted octanol–water partition coefficient (Wildman–Crippen LogP) is 0.729. The molecule has 98 valence electrons. The first-order chi connectivity index (χ1) is 8.18. The van der Waals surface area contributed by atoms with Crippen molar-refractivity contribution in [2.45, 2.75) is 50.6 Å². The number of hydrogen-bond acceptors (Lipinski definition) is 3. The van der Waals surface area contributed by atoms with Gasteiger partial charge in [-0.25, -0.2) is 0 Å². The first-order valence-electron chi connectivity index (χ1n) is 6.91. The number of carbonyl (C=O) groups is 1. The molecule has 0 aromatic carbocycles. The maximum absolute atomic E-state index is 12.3. The highest BCUT2D eigenvalue weighted by atomic mass is 16.2. The molecule has 0 saturated carbocycles. The minimum atomic E-state index is -0.281. The quantitative estimate of drug-likeness (QED) is 0.760. The van der Waals surface area contributed by atoms with E-state index in [0.717, 1.165) is 38.9 Å². The predicted molar refractivity (Wildman–Crippen MR) is 68.9 cm³/mol. The van der Waals surface area contributed by atoms with Crippen molar-refractivity contribution < 1.29 is 4.79 Å². The summed E-state index contributed by atoms with van der Waals surface area (Å²) in [6.07, 6.45) is 5.46. The van der Waals surface area contributed by atoms with Crippen LogP contribution in [0.3, 0.4) is 0 Å². The summed E-state index contributed by atoms with van der Waals surface area (Å²) in [6, 6.07) is 0.536. The van der Waals surface area contributed by atoms with Gasteiger partial charge in [-0.2, -0.15) is 0 Å². The lowest BCUT2D eigenvalue weighted by Gasteiger charge is -2.28. The molecule has 4 nitrogen and oxygen atoms in total. The summed E-state index contributed by atoms with van der Waals surface area (Å²) in [5.41, 5.74) is -0.281. The van der Waals surface area contributed by atoms with Gasteiger partial charge in [0.1, 0.15) is 0 Å². The Morgan fingerprint density at radius 2 is 2.35 bits per heavy atom. The molecule has 2 fully saturated rings. The van der Waals surface area contributed by atoms with E-state index >= 15 is 0 Å². The number of nitrogens with zero attached hydrogens (tertiary/aromatic N) is 1. The van der Waals surface area contributed by atoms with E-state index in [4.69, 9.17) is 0 Å². The van der Waals surface area contributed by atoms with E-state index in [9.17, 15) is 4.79 Å². The molecular formula is C13H25N3O. The SMILES string of the molecule is CCC1(C(=O)NCC2CCCN2C)CCCN1. The van der Waals surface area contributed by atoms with Crippen LogP contribution < -0.4 is 10.6 Å². The van der Waals surface area contributed by atoms with Gasteiger partial charge in [0.15, 0.2) is 0 Å². The van der Waals surface area contributed by atoms with Gasteiger partial charge in [0, 0.05) is 12.6 Å². The highest BCUT2D eigenvalue weighted by Crippen LogP contribution is 2.23. The highest BCUT2D eigenvalue weighted by molar-refractivity contribution is 5.86. The maximum atomic E-state index is 12.3. The van der Waals surface area contributed by atoms with E-state index in [1.807, 2.05) is 0 Å². The molecule has 2 N–H and O–H groups in total. The minimum Gasteiger partial charge on any atom is -0.353 e. The monoisotopic (exact) mass is 239 g/mol. The Balaban J connectivity index is 1.84. The van der Waals surface area contributed by atoms with Crippen LogP contribution in [0, 0.1) is 0 Å². The Labute approximate surface area is 104 Å². The van der Waals surface area contributed by atoms with Crippen molar-refractivity contribution in [2.75, 3.05) is 26.7 Å². The molecule has 17 heavy (non-hydrogen) atoms. The molecule has 0 spiro atoms. The summed E-state index contributed by atoms with van der Waals surface area (Å²) in [5, 5.41) is 6.53. The second-order valence-corrected chi connectivity index (χ2v) is 5.45. The van der Waals surface area contributed by atoms with E-state index in [0.29, 0.717) is 6.04 Å². The molecule has 4 heteroatoms. The second kappa shape index (κ2) is 5.36. The Bertz CT molecular complexity index is 274.